The Morgan fingerprint density at radius 2 is 0.806 bits per heavy atom. The van der Waals surface area contributed by atoms with Gasteiger partial charge in [0.1, 0.15) is 11.6 Å². The highest BCUT2D eigenvalue weighted by Gasteiger charge is 2.33. The monoisotopic (exact) mass is 922 g/mol. The van der Waals surface area contributed by atoms with Crippen LogP contribution in [0.5, 0.6) is 0 Å². The van der Waals surface area contributed by atoms with E-state index in [-0.39, 0.29) is 0 Å². The highest BCUT2D eigenvalue weighted by atomic mass is 15.1. The second-order valence-corrected chi connectivity index (χ2v) is 19.9. The predicted molar refractivity (Wildman–Crippen MR) is 293 cm³/mol. The van der Waals surface area contributed by atoms with Gasteiger partial charge < -0.3 is 0 Å². The zero-order valence-electron chi connectivity index (χ0n) is 39.6. The van der Waals surface area contributed by atoms with Crippen LogP contribution in [0.3, 0.4) is 0 Å². The molecule has 0 radical (unpaired) electrons. The maximum atomic E-state index is 5.09. The quantitative estimate of drug-likeness (QED) is 0.163. The molecule has 8 aromatic heterocycles. The van der Waals surface area contributed by atoms with Crippen molar-refractivity contribution < 1.29 is 0 Å². The van der Waals surface area contributed by atoms with Crippen LogP contribution < -0.4 is 0 Å². The molecule has 0 N–H and O–H groups in total. The fraction of sp³-hybridized carbons (Fsp3) is 0.0938. The second kappa shape index (κ2) is 14.7. The number of benzene rings is 6. The molecule has 0 saturated heterocycles. The molecule has 16 rings (SSSR count). The SMILES string of the molecule is Cc1ccnc(-n2c3ccc(-c4cc5cccnc5c5ncccc45)cc3c3cc4c5c(c32)CCc2cc3c6cc(-c7cc8cccnc8c8ncccc78)ccc6n(-c6cc(C)ccn6)c3c(c2-5)CC4)c1. The summed E-state index contributed by atoms with van der Waals surface area (Å²) < 4.78 is 4.91. The Labute approximate surface area is 413 Å². The first-order chi connectivity index (χ1) is 35.5. The molecule has 8 heteroatoms. The average molecular weight is 923 g/mol. The van der Waals surface area contributed by atoms with Gasteiger partial charge in [0, 0.05) is 80.3 Å². The molecule has 0 unspecified atom stereocenters. The molecule has 0 fully saturated rings. The van der Waals surface area contributed by atoms with Crippen LogP contribution in [0.25, 0.3) is 132 Å². The van der Waals surface area contributed by atoms with Gasteiger partial charge in [-0.1, -0.05) is 36.4 Å². The number of pyridine rings is 6. The van der Waals surface area contributed by atoms with Gasteiger partial charge in [0.05, 0.1) is 44.1 Å². The van der Waals surface area contributed by atoms with Crippen LogP contribution in [-0.2, 0) is 25.7 Å². The van der Waals surface area contributed by atoms with Gasteiger partial charge in [-0.2, -0.15) is 0 Å². The maximum absolute atomic E-state index is 5.09. The number of nitrogens with zero attached hydrogens (tertiary/aromatic N) is 8. The van der Waals surface area contributed by atoms with Gasteiger partial charge in [-0.05, 0) is 203 Å². The van der Waals surface area contributed by atoms with Crippen LogP contribution in [0, 0.1) is 13.8 Å². The topological polar surface area (TPSA) is 87.2 Å². The number of aromatic nitrogens is 8. The summed E-state index contributed by atoms with van der Waals surface area (Å²) in [6.07, 6.45) is 15.1. The molecule has 0 aliphatic heterocycles. The Morgan fingerprint density at radius 1 is 0.361 bits per heavy atom. The van der Waals surface area contributed by atoms with Crippen LogP contribution in [0.15, 0.2) is 171 Å². The average Bonchev–Trinajstić information content (AvgIpc) is 3.94. The first-order valence-corrected chi connectivity index (χ1v) is 24.9. The summed E-state index contributed by atoms with van der Waals surface area (Å²) in [4.78, 5) is 29.4. The van der Waals surface area contributed by atoms with E-state index in [0.717, 1.165) is 114 Å². The second-order valence-electron chi connectivity index (χ2n) is 19.9. The lowest BCUT2D eigenvalue weighted by atomic mass is 9.74. The van der Waals surface area contributed by atoms with Crippen molar-refractivity contribution in [2.45, 2.75) is 39.5 Å². The van der Waals surface area contributed by atoms with E-state index in [0.29, 0.717) is 0 Å². The van der Waals surface area contributed by atoms with Crippen LogP contribution in [-0.4, -0.2) is 39.0 Å². The number of hydrogen-bond donors (Lipinski definition) is 0. The summed E-state index contributed by atoms with van der Waals surface area (Å²) in [5.41, 5.74) is 24.0. The molecule has 0 atom stereocenters. The minimum atomic E-state index is 0.922. The molecule has 338 valence electrons. The number of hydrogen-bond acceptors (Lipinski definition) is 6. The third-order valence-electron chi connectivity index (χ3n) is 15.8. The van der Waals surface area contributed by atoms with Crippen molar-refractivity contribution in [1.82, 2.24) is 39.0 Å². The smallest absolute Gasteiger partial charge is 0.137 e. The van der Waals surface area contributed by atoms with E-state index in [9.17, 15) is 0 Å². The summed E-state index contributed by atoms with van der Waals surface area (Å²) in [6, 6.07) is 49.0. The summed E-state index contributed by atoms with van der Waals surface area (Å²) in [6.45, 7) is 4.32. The van der Waals surface area contributed by atoms with E-state index in [1.54, 1.807) is 0 Å². The van der Waals surface area contributed by atoms with Crippen molar-refractivity contribution in [3.05, 3.63) is 204 Å². The van der Waals surface area contributed by atoms with Gasteiger partial charge in [0.15, 0.2) is 0 Å². The Hall–Kier alpha value is -9.14. The van der Waals surface area contributed by atoms with E-state index >= 15 is 0 Å². The maximum Gasteiger partial charge on any atom is 0.137 e. The first kappa shape index (κ1) is 39.7. The van der Waals surface area contributed by atoms with Crippen molar-refractivity contribution in [3.63, 3.8) is 0 Å². The van der Waals surface area contributed by atoms with Gasteiger partial charge in [0.2, 0.25) is 0 Å². The largest absolute Gasteiger partial charge is 0.293 e. The van der Waals surface area contributed by atoms with Crippen LogP contribution in [0.2, 0.25) is 0 Å². The number of fused-ring (bicyclic) bond motifs is 14. The van der Waals surface area contributed by atoms with Crippen molar-refractivity contribution in [2.24, 2.45) is 0 Å². The Kier molecular flexibility index (Phi) is 8.10. The molecular weight excluding hydrogens is 881 g/mol. The van der Waals surface area contributed by atoms with E-state index < -0.39 is 0 Å². The van der Waals surface area contributed by atoms with Gasteiger partial charge in [0.25, 0.3) is 0 Å². The molecule has 0 amide bonds. The molecule has 0 saturated carbocycles. The van der Waals surface area contributed by atoms with Crippen LogP contribution in [0.4, 0.5) is 0 Å². The first-order valence-electron chi connectivity index (χ1n) is 24.9. The Bertz CT molecular complexity index is 4430. The number of aryl methyl sites for hydroxylation is 6. The summed E-state index contributed by atoms with van der Waals surface area (Å²) >= 11 is 0. The Balaban J connectivity index is 0.965. The Morgan fingerprint density at radius 3 is 1.26 bits per heavy atom. The van der Waals surface area contributed by atoms with Crippen molar-refractivity contribution >= 4 is 87.2 Å². The predicted octanol–water partition coefficient (Wildman–Crippen LogP) is 14.7. The molecular formula is C64H42N8. The molecule has 6 aromatic carbocycles. The van der Waals surface area contributed by atoms with Gasteiger partial charge in [-0.3, -0.25) is 29.1 Å². The molecule has 8 heterocycles. The minimum Gasteiger partial charge on any atom is -0.293 e. The molecule has 2 aliphatic carbocycles. The molecule has 0 bridgehead atoms. The summed E-state index contributed by atoms with van der Waals surface area (Å²) in [5, 5.41) is 9.38. The molecule has 2 aliphatic rings. The molecule has 0 spiro atoms. The van der Waals surface area contributed by atoms with Crippen molar-refractivity contribution in [1.29, 1.82) is 0 Å². The number of rotatable bonds is 4. The lowest BCUT2D eigenvalue weighted by molar-refractivity contribution is 0.881. The van der Waals surface area contributed by atoms with E-state index in [2.05, 4.69) is 132 Å². The van der Waals surface area contributed by atoms with Gasteiger partial charge in [-0.25, -0.2) is 9.97 Å². The van der Waals surface area contributed by atoms with Gasteiger partial charge in [-0.15, -0.1) is 0 Å². The third kappa shape index (κ3) is 5.51. The van der Waals surface area contributed by atoms with Gasteiger partial charge >= 0.3 is 0 Å². The summed E-state index contributed by atoms with van der Waals surface area (Å²) in [7, 11) is 0. The van der Waals surface area contributed by atoms with E-state index in [1.807, 2.05) is 61.4 Å². The fourth-order valence-electron chi connectivity index (χ4n) is 12.8. The van der Waals surface area contributed by atoms with Crippen LogP contribution in [0.1, 0.15) is 33.4 Å². The van der Waals surface area contributed by atoms with E-state index in [4.69, 9.17) is 29.9 Å². The summed E-state index contributed by atoms with van der Waals surface area (Å²) in [5.74, 6) is 1.88. The highest BCUT2D eigenvalue weighted by Crippen LogP contribution is 2.52. The molecule has 14 aromatic rings. The van der Waals surface area contributed by atoms with Crippen molar-refractivity contribution in [2.75, 3.05) is 0 Å². The third-order valence-corrected chi connectivity index (χ3v) is 15.8. The zero-order valence-corrected chi connectivity index (χ0v) is 39.6. The van der Waals surface area contributed by atoms with Crippen molar-refractivity contribution in [3.8, 4) is 45.0 Å². The zero-order chi connectivity index (χ0) is 47.3. The highest BCUT2D eigenvalue weighted by molar-refractivity contribution is 6.19. The fourth-order valence-corrected chi connectivity index (χ4v) is 12.8. The molecule has 8 nitrogen and oxygen atoms in total. The normalized spacial score (nSPS) is 13.2. The lowest BCUT2D eigenvalue weighted by Gasteiger charge is -2.31. The van der Waals surface area contributed by atoms with Crippen LogP contribution >= 0.6 is 0 Å². The molecule has 72 heavy (non-hydrogen) atoms. The lowest BCUT2D eigenvalue weighted by Crippen LogP contribution is -2.16. The minimum absolute atomic E-state index is 0.922. The van der Waals surface area contributed by atoms with E-state index in [1.165, 1.54) is 77.1 Å². The standard InChI is InChI=1S/C64H42N8/c1-35-19-25-65-55(27-35)71-53-17-13-37(47-33-41-7-3-21-67-59(41)61-43(47)9-5-23-69-61)29-49(53)51-31-39-12-16-46-58-40(11-15-45(57(39)58)63(51)71)32-52-50-30-38(14-18-54(50)72(64(46)52)56-28-36(2)20-26-66-56)48-34-42-8-4-22-68-60(42)62-44(48)10-6-24-70-62/h3-10,13-14,17-34H,11-12,15-16H2,1-2H3.